The summed E-state index contributed by atoms with van der Waals surface area (Å²) in [5.41, 5.74) is 5.74. The highest BCUT2D eigenvalue weighted by Crippen LogP contribution is 2.38. The van der Waals surface area contributed by atoms with E-state index in [1.165, 1.54) is 11.3 Å². The zero-order valence-corrected chi connectivity index (χ0v) is 16.4. The van der Waals surface area contributed by atoms with Gasteiger partial charge in [-0.25, -0.2) is 9.78 Å². The second-order valence-electron chi connectivity index (χ2n) is 6.28. The summed E-state index contributed by atoms with van der Waals surface area (Å²) in [6.07, 6.45) is 3.58. The maximum absolute atomic E-state index is 11.9. The van der Waals surface area contributed by atoms with Gasteiger partial charge >= 0.3 is 6.03 Å². The zero-order chi connectivity index (χ0) is 19.5. The molecule has 0 saturated carbocycles. The van der Waals surface area contributed by atoms with E-state index in [1.807, 2.05) is 50.2 Å². The Bertz CT molecular complexity index is 1140. The van der Waals surface area contributed by atoms with Crippen LogP contribution in [0.2, 0.25) is 0 Å². The number of aryl methyl sites for hydroxylation is 1. The van der Waals surface area contributed by atoms with Gasteiger partial charge in [-0.2, -0.15) is 0 Å². The maximum Gasteiger partial charge on any atom is 0.321 e. The van der Waals surface area contributed by atoms with Gasteiger partial charge < -0.3 is 5.32 Å². The molecule has 28 heavy (non-hydrogen) atoms. The quantitative estimate of drug-likeness (QED) is 0.522. The lowest BCUT2D eigenvalue weighted by Crippen LogP contribution is -2.28. The summed E-state index contributed by atoms with van der Waals surface area (Å²) >= 11 is 1.44. The fourth-order valence-corrected chi connectivity index (χ4v) is 3.96. The molecule has 0 bridgehead atoms. The van der Waals surface area contributed by atoms with Crippen LogP contribution in [0.25, 0.3) is 32.6 Å². The number of carbonyl (C=O) groups is 1. The van der Waals surface area contributed by atoms with Crippen LogP contribution in [0.4, 0.5) is 9.93 Å². The molecule has 0 spiro atoms. The number of carbonyl (C=O) groups excluding carboxylic acids is 1. The Morgan fingerprint density at radius 1 is 1.07 bits per heavy atom. The van der Waals surface area contributed by atoms with Crippen LogP contribution in [0.1, 0.15) is 12.6 Å². The molecule has 0 radical (unpaired) electrons. The number of thiazole rings is 1. The monoisotopic (exact) mass is 389 g/mol. The number of anilines is 1. The number of hydrogen-bond acceptors (Lipinski definition) is 5. The molecule has 0 aliphatic heterocycles. The number of hydrogen-bond donors (Lipinski definition) is 2. The Morgan fingerprint density at radius 2 is 1.96 bits per heavy atom. The number of nitrogens with zero attached hydrogens (tertiary/aromatic N) is 3. The molecule has 4 aromatic rings. The normalized spacial score (nSPS) is 10.8. The minimum absolute atomic E-state index is 0.258. The van der Waals surface area contributed by atoms with Crippen LogP contribution in [-0.2, 0) is 0 Å². The third kappa shape index (κ3) is 3.70. The first-order chi connectivity index (χ1) is 13.6. The second-order valence-corrected chi connectivity index (χ2v) is 7.28. The fourth-order valence-electron chi connectivity index (χ4n) is 2.99. The summed E-state index contributed by atoms with van der Waals surface area (Å²) in [7, 11) is 0. The van der Waals surface area contributed by atoms with Crippen molar-refractivity contribution in [2.24, 2.45) is 0 Å². The Labute approximate surface area is 166 Å². The molecule has 3 aromatic heterocycles. The molecule has 0 aliphatic rings. The molecule has 7 heteroatoms. The minimum atomic E-state index is -0.258. The van der Waals surface area contributed by atoms with E-state index in [1.54, 1.807) is 12.4 Å². The molecular weight excluding hydrogens is 370 g/mol. The highest BCUT2D eigenvalue weighted by Gasteiger charge is 2.15. The Kier molecular flexibility index (Phi) is 4.99. The Hall–Kier alpha value is -3.32. The van der Waals surface area contributed by atoms with Crippen LogP contribution in [-0.4, -0.2) is 27.5 Å². The van der Waals surface area contributed by atoms with Crippen molar-refractivity contribution in [3.05, 3.63) is 60.6 Å². The average molecular weight is 389 g/mol. The first-order valence-electron chi connectivity index (χ1n) is 8.98. The van der Waals surface area contributed by atoms with Gasteiger partial charge in [-0.15, -0.1) is 0 Å². The molecule has 0 aliphatic carbocycles. The average Bonchev–Trinajstić information content (AvgIpc) is 3.10. The van der Waals surface area contributed by atoms with Gasteiger partial charge in [0.15, 0.2) is 5.13 Å². The predicted octanol–water partition coefficient (Wildman–Crippen LogP) is 4.87. The Morgan fingerprint density at radius 3 is 2.71 bits per heavy atom. The molecule has 2 N–H and O–H groups in total. The van der Waals surface area contributed by atoms with Gasteiger partial charge in [0.25, 0.3) is 0 Å². The highest BCUT2D eigenvalue weighted by atomic mass is 32.1. The molecule has 0 atom stereocenters. The predicted molar refractivity (Wildman–Crippen MR) is 114 cm³/mol. The number of urea groups is 1. The second kappa shape index (κ2) is 7.74. The van der Waals surface area contributed by atoms with E-state index in [9.17, 15) is 4.79 Å². The lowest BCUT2D eigenvalue weighted by atomic mass is 10.0. The molecular formula is C21H19N5OS. The van der Waals surface area contributed by atoms with Gasteiger partial charge in [-0.05, 0) is 61.4 Å². The van der Waals surface area contributed by atoms with Crippen molar-refractivity contribution in [1.29, 1.82) is 0 Å². The molecule has 140 valence electrons. The van der Waals surface area contributed by atoms with Crippen LogP contribution < -0.4 is 10.6 Å². The van der Waals surface area contributed by atoms with Gasteiger partial charge in [-0.3, -0.25) is 15.3 Å². The molecule has 6 nitrogen and oxygen atoms in total. The number of aromatic nitrogens is 3. The van der Waals surface area contributed by atoms with Crippen molar-refractivity contribution in [3.8, 4) is 22.4 Å². The highest BCUT2D eigenvalue weighted by molar-refractivity contribution is 7.22. The van der Waals surface area contributed by atoms with Crippen LogP contribution in [0.5, 0.6) is 0 Å². The molecule has 0 fully saturated rings. The summed E-state index contributed by atoms with van der Waals surface area (Å²) in [5.74, 6) is 0. The number of rotatable bonds is 4. The van der Waals surface area contributed by atoms with Crippen LogP contribution >= 0.6 is 11.3 Å². The van der Waals surface area contributed by atoms with E-state index < -0.39 is 0 Å². The van der Waals surface area contributed by atoms with Crippen LogP contribution in [0, 0.1) is 6.92 Å². The molecule has 1 aromatic carbocycles. The smallest absolute Gasteiger partial charge is 0.321 e. The topological polar surface area (TPSA) is 79.8 Å². The molecule has 2 amide bonds. The van der Waals surface area contributed by atoms with E-state index >= 15 is 0 Å². The van der Waals surface area contributed by atoms with E-state index in [2.05, 4.69) is 31.7 Å². The van der Waals surface area contributed by atoms with Gasteiger partial charge in [0.05, 0.1) is 15.9 Å². The standard InChI is InChI=1S/C21H19N5OS/c1-3-22-20(27)26-21-25-18-12-15(14-7-9-23-13(2)10-14)11-16(19(18)28-21)17-6-4-5-8-24-17/h4-12H,3H2,1-2H3,(H2,22,25,26,27). The summed E-state index contributed by atoms with van der Waals surface area (Å²) in [4.78, 5) is 25.3. The van der Waals surface area contributed by atoms with Gasteiger partial charge in [0.2, 0.25) is 0 Å². The lowest BCUT2D eigenvalue weighted by molar-refractivity contribution is 0.252. The summed E-state index contributed by atoms with van der Waals surface area (Å²) in [6, 6.07) is 13.8. The summed E-state index contributed by atoms with van der Waals surface area (Å²) < 4.78 is 0.986. The van der Waals surface area contributed by atoms with Crippen molar-refractivity contribution in [2.45, 2.75) is 13.8 Å². The Balaban J connectivity index is 1.87. The van der Waals surface area contributed by atoms with Crippen molar-refractivity contribution >= 4 is 32.7 Å². The molecule has 4 rings (SSSR count). The number of pyridine rings is 2. The van der Waals surface area contributed by atoms with Crippen LogP contribution in [0.3, 0.4) is 0 Å². The zero-order valence-electron chi connectivity index (χ0n) is 15.6. The van der Waals surface area contributed by atoms with Crippen LogP contribution in [0.15, 0.2) is 54.9 Å². The van der Waals surface area contributed by atoms with Gasteiger partial charge in [0.1, 0.15) is 0 Å². The largest absolute Gasteiger partial charge is 0.338 e. The van der Waals surface area contributed by atoms with Gasteiger partial charge in [-0.1, -0.05) is 17.4 Å². The minimum Gasteiger partial charge on any atom is -0.338 e. The van der Waals surface area contributed by atoms with Gasteiger partial charge in [0, 0.05) is 30.2 Å². The van der Waals surface area contributed by atoms with E-state index in [-0.39, 0.29) is 6.03 Å². The summed E-state index contributed by atoms with van der Waals surface area (Å²) in [6.45, 7) is 4.40. The number of fused-ring (bicyclic) bond motifs is 1. The fraction of sp³-hybridized carbons (Fsp3) is 0.143. The van der Waals surface area contributed by atoms with Crippen molar-refractivity contribution in [2.75, 3.05) is 11.9 Å². The third-order valence-electron chi connectivity index (χ3n) is 4.22. The summed E-state index contributed by atoms with van der Waals surface area (Å²) in [5, 5.41) is 6.09. The SMILES string of the molecule is CCNC(=O)Nc1nc2cc(-c3ccnc(C)c3)cc(-c3ccccn3)c2s1. The van der Waals surface area contributed by atoms with E-state index in [4.69, 9.17) is 0 Å². The van der Waals surface area contributed by atoms with E-state index in [0.717, 1.165) is 38.3 Å². The number of amides is 2. The van der Waals surface area contributed by atoms with Crippen molar-refractivity contribution < 1.29 is 4.79 Å². The third-order valence-corrected chi connectivity index (χ3v) is 5.24. The molecule has 0 unspecified atom stereocenters. The first kappa shape index (κ1) is 18.1. The number of benzene rings is 1. The van der Waals surface area contributed by atoms with Crippen molar-refractivity contribution in [1.82, 2.24) is 20.3 Å². The number of nitrogens with one attached hydrogen (secondary N) is 2. The first-order valence-corrected chi connectivity index (χ1v) is 9.79. The molecule has 0 saturated heterocycles. The maximum atomic E-state index is 11.9. The lowest BCUT2D eigenvalue weighted by Gasteiger charge is -2.07. The molecule has 3 heterocycles. The van der Waals surface area contributed by atoms with E-state index in [0.29, 0.717) is 11.7 Å². The van der Waals surface area contributed by atoms with Crippen molar-refractivity contribution in [3.63, 3.8) is 0 Å².